The van der Waals surface area contributed by atoms with E-state index in [-0.39, 0.29) is 5.95 Å². The summed E-state index contributed by atoms with van der Waals surface area (Å²) in [4.78, 5) is 16.9. The first-order chi connectivity index (χ1) is 10.8. The van der Waals surface area contributed by atoms with Crippen LogP contribution in [0, 0.1) is 0 Å². The Morgan fingerprint density at radius 1 is 1.23 bits per heavy atom. The van der Waals surface area contributed by atoms with Crippen LogP contribution in [0.5, 0.6) is 0 Å². The van der Waals surface area contributed by atoms with Gasteiger partial charge in [0.15, 0.2) is 11.3 Å². The molecule has 0 aliphatic carbocycles. The fourth-order valence-corrected chi connectivity index (χ4v) is 2.12. The molecule has 22 heavy (non-hydrogen) atoms. The van der Waals surface area contributed by atoms with E-state index in [1.807, 2.05) is 6.20 Å². The predicted molar refractivity (Wildman–Crippen MR) is 84.3 cm³/mol. The standard InChI is InChI=1S/C14H18N8/c1-2-3-5-18-13-12-10(19-14(15)20-13)8-22(21-12)9-11-16-6-4-7-17-11/h4,6-8H,2-3,5,9H2,1H3,(H3,15,18,19,20). The van der Waals surface area contributed by atoms with Crippen LogP contribution >= 0.6 is 0 Å². The number of fused-ring (bicyclic) bond motifs is 1. The van der Waals surface area contributed by atoms with Crippen molar-refractivity contribution in [1.82, 2.24) is 29.7 Å². The van der Waals surface area contributed by atoms with Crippen molar-refractivity contribution >= 4 is 22.8 Å². The third kappa shape index (κ3) is 3.11. The van der Waals surface area contributed by atoms with Gasteiger partial charge in [0, 0.05) is 18.9 Å². The van der Waals surface area contributed by atoms with Gasteiger partial charge in [-0.25, -0.2) is 15.0 Å². The zero-order chi connectivity index (χ0) is 15.4. The molecule has 0 radical (unpaired) electrons. The minimum atomic E-state index is 0.238. The Balaban J connectivity index is 1.89. The average molecular weight is 298 g/mol. The molecular weight excluding hydrogens is 280 g/mol. The van der Waals surface area contributed by atoms with Crippen molar-refractivity contribution in [3.05, 3.63) is 30.5 Å². The summed E-state index contributed by atoms with van der Waals surface area (Å²) in [5.74, 6) is 1.60. The minimum absolute atomic E-state index is 0.238. The highest BCUT2D eigenvalue weighted by atomic mass is 15.3. The second kappa shape index (κ2) is 6.33. The molecule has 0 spiro atoms. The van der Waals surface area contributed by atoms with Crippen molar-refractivity contribution in [3.63, 3.8) is 0 Å². The molecular formula is C14H18N8. The van der Waals surface area contributed by atoms with Crippen LogP contribution in [0.1, 0.15) is 25.6 Å². The number of aromatic nitrogens is 6. The Bertz CT molecular complexity index is 752. The molecule has 3 aromatic heterocycles. The van der Waals surface area contributed by atoms with Crippen LogP contribution in [-0.4, -0.2) is 36.3 Å². The van der Waals surface area contributed by atoms with E-state index in [1.54, 1.807) is 23.1 Å². The smallest absolute Gasteiger partial charge is 0.222 e. The van der Waals surface area contributed by atoms with E-state index in [1.165, 1.54) is 0 Å². The van der Waals surface area contributed by atoms with Gasteiger partial charge < -0.3 is 11.1 Å². The third-order valence-corrected chi connectivity index (χ3v) is 3.17. The zero-order valence-electron chi connectivity index (χ0n) is 12.4. The average Bonchev–Trinajstić information content (AvgIpc) is 2.90. The minimum Gasteiger partial charge on any atom is -0.368 e. The molecule has 0 unspecified atom stereocenters. The summed E-state index contributed by atoms with van der Waals surface area (Å²) in [6.45, 7) is 3.45. The van der Waals surface area contributed by atoms with Crippen molar-refractivity contribution in [2.75, 3.05) is 17.6 Å². The molecule has 3 N–H and O–H groups in total. The number of anilines is 2. The number of hydrogen-bond acceptors (Lipinski definition) is 7. The van der Waals surface area contributed by atoms with Gasteiger partial charge in [0.2, 0.25) is 5.95 Å². The fraction of sp³-hybridized carbons (Fsp3) is 0.357. The van der Waals surface area contributed by atoms with Gasteiger partial charge in [-0.1, -0.05) is 13.3 Å². The van der Waals surface area contributed by atoms with Gasteiger partial charge in [0.05, 0.1) is 6.20 Å². The Morgan fingerprint density at radius 3 is 2.82 bits per heavy atom. The van der Waals surface area contributed by atoms with Crippen LogP contribution in [0.4, 0.5) is 11.8 Å². The Morgan fingerprint density at radius 2 is 2.05 bits per heavy atom. The first-order valence-corrected chi connectivity index (χ1v) is 7.26. The van der Waals surface area contributed by atoms with Gasteiger partial charge in [0.1, 0.15) is 17.9 Å². The van der Waals surface area contributed by atoms with Crippen LogP contribution in [0.3, 0.4) is 0 Å². The third-order valence-electron chi connectivity index (χ3n) is 3.17. The SMILES string of the molecule is CCCCNc1nc(N)nc2cn(Cc3ncccn3)nc12. The van der Waals surface area contributed by atoms with Crippen LogP contribution < -0.4 is 11.1 Å². The van der Waals surface area contributed by atoms with Crippen molar-refractivity contribution in [2.45, 2.75) is 26.3 Å². The number of nitrogens with zero attached hydrogens (tertiary/aromatic N) is 6. The lowest BCUT2D eigenvalue weighted by atomic mass is 10.3. The highest BCUT2D eigenvalue weighted by Gasteiger charge is 2.11. The summed E-state index contributed by atoms with van der Waals surface area (Å²) in [7, 11) is 0. The number of nitrogens with one attached hydrogen (secondary N) is 1. The van der Waals surface area contributed by atoms with Gasteiger partial charge >= 0.3 is 0 Å². The molecule has 0 aliphatic heterocycles. The predicted octanol–water partition coefficient (Wildman–Crippen LogP) is 1.46. The maximum absolute atomic E-state index is 5.77. The molecule has 0 saturated heterocycles. The van der Waals surface area contributed by atoms with E-state index in [2.05, 4.69) is 37.3 Å². The maximum atomic E-state index is 5.77. The molecule has 0 amide bonds. The first-order valence-electron chi connectivity index (χ1n) is 7.26. The second-order valence-corrected chi connectivity index (χ2v) is 4.94. The molecule has 8 nitrogen and oxygen atoms in total. The number of rotatable bonds is 6. The fourth-order valence-electron chi connectivity index (χ4n) is 2.12. The van der Waals surface area contributed by atoms with Crippen LogP contribution in [0.2, 0.25) is 0 Å². The van der Waals surface area contributed by atoms with Gasteiger partial charge in [-0.2, -0.15) is 10.1 Å². The quantitative estimate of drug-likeness (QED) is 0.663. The number of nitrogen functional groups attached to an aromatic ring is 1. The lowest BCUT2D eigenvalue weighted by Crippen LogP contribution is -2.07. The first kappa shape index (κ1) is 14.2. The van der Waals surface area contributed by atoms with E-state index in [4.69, 9.17) is 5.73 Å². The lowest BCUT2D eigenvalue weighted by Gasteiger charge is -2.05. The molecule has 3 aromatic rings. The Hall–Kier alpha value is -2.77. The molecule has 0 fully saturated rings. The molecule has 0 saturated carbocycles. The topological polar surface area (TPSA) is 107 Å². The van der Waals surface area contributed by atoms with E-state index in [9.17, 15) is 0 Å². The number of nitrogens with two attached hydrogens (primary N) is 1. The molecule has 8 heteroatoms. The zero-order valence-corrected chi connectivity index (χ0v) is 12.4. The summed E-state index contributed by atoms with van der Waals surface area (Å²) < 4.78 is 1.75. The Labute approximate surface area is 127 Å². The Kier molecular flexibility index (Phi) is 4.08. The monoisotopic (exact) mass is 298 g/mol. The number of hydrogen-bond donors (Lipinski definition) is 2. The molecule has 0 atom stereocenters. The molecule has 114 valence electrons. The van der Waals surface area contributed by atoms with Gasteiger partial charge in [-0.05, 0) is 12.5 Å². The maximum Gasteiger partial charge on any atom is 0.222 e. The van der Waals surface area contributed by atoms with E-state index in [0.29, 0.717) is 29.2 Å². The normalized spacial score (nSPS) is 11.0. The highest BCUT2D eigenvalue weighted by Crippen LogP contribution is 2.19. The molecule has 0 aromatic carbocycles. The second-order valence-electron chi connectivity index (χ2n) is 4.94. The van der Waals surface area contributed by atoms with Crippen LogP contribution in [-0.2, 0) is 6.54 Å². The highest BCUT2D eigenvalue weighted by molar-refractivity contribution is 5.85. The van der Waals surface area contributed by atoms with Crippen LogP contribution in [0.25, 0.3) is 11.0 Å². The van der Waals surface area contributed by atoms with Gasteiger partial charge in [0.25, 0.3) is 0 Å². The van der Waals surface area contributed by atoms with Crippen molar-refractivity contribution in [3.8, 4) is 0 Å². The van der Waals surface area contributed by atoms with Crippen molar-refractivity contribution in [1.29, 1.82) is 0 Å². The van der Waals surface area contributed by atoms with Gasteiger partial charge in [-0.15, -0.1) is 0 Å². The van der Waals surface area contributed by atoms with E-state index >= 15 is 0 Å². The van der Waals surface area contributed by atoms with Crippen LogP contribution in [0.15, 0.2) is 24.7 Å². The molecule has 3 rings (SSSR count). The lowest BCUT2D eigenvalue weighted by molar-refractivity contribution is 0.662. The molecule has 0 aliphatic rings. The summed E-state index contributed by atoms with van der Waals surface area (Å²) in [5, 5.41) is 7.79. The summed E-state index contributed by atoms with van der Waals surface area (Å²) in [5.41, 5.74) is 7.19. The van der Waals surface area contributed by atoms with Crippen molar-refractivity contribution < 1.29 is 0 Å². The largest absolute Gasteiger partial charge is 0.368 e. The summed E-state index contributed by atoms with van der Waals surface area (Å²) >= 11 is 0. The molecule has 3 heterocycles. The van der Waals surface area contributed by atoms with Crippen molar-refractivity contribution in [2.24, 2.45) is 0 Å². The van der Waals surface area contributed by atoms with Gasteiger partial charge in [-0.3, -0.25) is 4.68 Å². The van der Waals surface area contributed by atoms with E-state index in [0.717, 1.165) is 19.4 Å². The summed E-state index contributed by atoms with van der Waals surface area (Å²) in [6, 6.07) is 1.78. The number of unbranched alkanes of at least 4 members (excludes halogenated alkanes) is 1. The van der Waals surface area contributed by atoms with E-state index < -0.39 is 0 Å². The summed E-state index contributed by atoms with van der Waals surface area (Å²) in [6.07, 6.45) is 7.41. The molecule has 0 bridgehead atoms.